The van der Waals surface area contributed by atoms with Crippen LogP contribution in [0.5, 0.6) is 0 Å². The molecule has 2 heterocycles. The fraction of sp³-hybridized carbons (Fsp3) is 0.278. The number of anilines is 1. The number of nitrogens with zero attached hydrogens (tertiary/aromatic N) is 3. The van der Waals surface area contributed by atoms with Crippen molar-refractivity contribution in [3.05, 3.63) is 59.7 Å². The summed E-state index contributed by atoms with van der Waals surface area (Å²) in [7, 11) is 0. The Kier molecular flexibility index (Phi) is 4.71. The predicted octanol–water partition coefficient (Wildman–Crippen LogP) is 2.49. The van der Waals surface area contributed by atoms with Crippen molar-refractivity contribution in [1.82, 2.24) is 10.3 Å². The van der Waals surface area contributed by atoms with Gasteiger partial charge in [-0.25, -0.2) is 9.37 Å². The maximum atomic E-state index is 13.4. The number of carbonyl (C=O) groups excluding carboxylic acids is 1. The molecule has 1 fully saturated rings. The average Bonchev–Trinajstić information content (AvgIpc) is 2.62. The molecule has 1 aromatic heterocycles. The number of halogens is 1. The highest BCUT2D eigenvalue weighted by Gasteiger charge is 2.22. The van der Waals surface area contributed by atoms with Crippen LogP contribution in [0.2, 0.25) is 0 Å². The van der Waals surface area contributed by atoms with Crippen LogP contribution in [0.15, 0.2) is 42.6 Å². The monoisotopic (exact) mass is 324 g/mol. The fourth-order valence-electron chi connectivity index (χ4n) is 2.86. The van der Waals surface area contributed by atoms with Crippen LogP contribution in [0.25, 0.3) is 0 Å². The van der Waals surface area contributed by atoms with Crippen molar-refractivity contribution in [1.29, 1.82) is 5.26 Å². The third-order valence-corrected chi connectivity index (χ3v) is 4.06. The predicted molar refractivity (Wildman–Crippen MR) is 88.1 cm³/mol. The van der Waals surface area contributed by atoms with Crippen molar-refractivity contribution in [2.45, 2.75) is 18.9 Å². The smallest absolute Gasteiger partial charge is 0.270 e. The molecule has 2 aromatic rings. The van der Waals surface area contributed by atoms with Crippen molar-refractivity contribution in [2.24, 2.45) is 0 Å². The summed E-state index contributed by atoms with van der Waals surface area (Å²) in [5.74, 6) is -0.522. The number of hydrogen-bond acceptors (Lipinski definition) is 4. The molecule has 0 bridgehead atoms. The minimum absolute atomic E-state index is 0.0213. The SMILES string of the molecule is N#Cc1ccc(C(=O)N[C@@H]2CCCN(c3cccc(F)c3)C2)nc1. The van der Waals surface area contributed by atoms with Crippen LogP contribution in [0.4, 0.5) is 10.1 Å². The molecule has 1 aliphatic heterocycles. The third-order valence-electron chi connectivity index (χ3n) is 4.06. The number of rotatable bonds is 3. The van der Waals surface area contributed by atoms with Gasteiger partial charge in [0, 0.05) is 31.0 Å². The van der Waals surface area contributed by atoms with E-state index in [4.69, 9.17) is 5.26 Å². The number of amides is 1. The Bertz CT molecular complexity index is 769. The molecular weight excluding hydrogens is 307 g/mol. The largest absolute Gasteiger partial charge is 0.369 e. The molecule has 1 atom stereocenters. The summed E-state index contributed by atoms with van der Waals surface area (Å²) in [5.41, 5.74) is 1.53. The van der Waals surface area contributed by atoms with Crippen LogP contribution >= 0.6 is 0 Å². The van der Waals surface area contributed by atoms with Gasteiger partial charge in [-0.15, -0.1) is 0 Å². The summed E-state index contributed by atoms with van der Waals surface area (Å²) >= 11 is 0. The van der Waals surface area contributed by atoms with Gasteiger partial charge in [-0.2, -0.15) is 5.26 Å². The molecule has 0 unspecified atom stereocenters. The molecular formula is C18H17FN4O. The summed E-state index contributed by atoms with van der Waals surface area (Å²) < 4.78 is 13.4. The lowest BCUT2D eigenvalue weighted by Gasteiger charge is -2.34. The fourth-order valence-corrected chi connectivity index (χ4v) is 2.86. The first-order valence-electron chi connectivity index (χ1n) is 7.83. The first-order valence-corrected chi connectivity index (χ1v) is 7.83. The number of benzene rings is 1. The lowest BCUT2D eigenvalue weighted by molar-refractivity contribution is 0.0928. The van der Waals surface area contributed by atoms with E-state index in [2.05, 4.69) is 15.2 Å². The van der Waals surface area contributed by atoms with Crippen LogP contribution in [0.3, 0.4) is 0 Å². The van der Waals surface area contributed by atoms with Crippen LogP contribution in [-0.4, -0.2) is 30.0 Å². The molecule has 1 aromatic carbocycles. The van der Waals surface area contributed by atoms with Crippen LogP contribution < -0.4 is 10.2 Å². The van der Waals surface area contributed by atoms with E-state index in [1.54, 1.807) is 18.2 Å². The molecule has 5 nitrogen and oxygen atoms in total. The third kappa shape index (κ3) is 3.69. The summed E-state index contributed by atoms with van der Waals surface area (Å²) in [5, 5.41) is 11.7. The zero-order valence-electron chi connectivity index (χ0n) is 13.1. The first-order chi connectivity index (χ1) is 11.7. The van der Waals surface area contributed by atoms with E-state index in [1.165, 1.54) is 18.3 Å². The van der Waals surface area contributed by atoms with Gasteiger partial charge in [-0.05, 0) is 43.2 Å². The maximum absolute atomic E-state index is 13.4. The van der Waals surface area contributed by atoms with Crippen molar-refractivity contribution < 1.29 is 9.18 Å². The lowest BCUT2D eigenvalue weighted by atomic mass is 10.0. The van der Waals surface area contributed by atoms with Crippen LogP contribution in [0, 0.1) is 17.1 Å². The molecule has 0 radical (unpaired) electrons. The highest BCUT2D eigenvalue weighted by atomic mass is 19.1. The van der Waals surface area contributed by atoms with Gasteiger partial charge < -0.3 is 10.2 Å². The van der Waals surface area contributed by atoms with E-state index in [9.17, 15) is 9.18 Å². The maximum Gasteiger partial charge on any atom is 0.270 e. The minimum Gasteiger partial charge on any atom is -0.369 e. The Morgan fingerprint density at radius 1 is 1.38 bits per heavy atom. The van der Waals surface area contributed by atoms with Gasteiger partial charge in [0.2, 0.25) is 0 Å². The van der Waals surface area contributed by atoms with Crippen molar-refractivity contribution in [2.75, 3.05) is 18.0 Å². The Balaban J connectivity index is 1.64. The second-order valence-electron chi connectivity index (χ2n) is 5.78. The lowest BCUT2D eigenvalue weighted by Crippen LogP contribution is -2.48. The Morgan fingerprint density at radius 3 is 2.96 bits per heavy atom. The van der Waals surface area contributed by atoms with Crippen LogP contribution in [0.1, 0.15) is 28.9 Å². The van der Waals surface area contributed by atoms with Gasteiger partial charge in [0.25, 0.3) is 5.91 Å². The molecule has 1 amide bonds. The molecule has 0 spiro atoms. The van der Waals surface area contributed by atoms with Gasteiger partial charge >= 0.3 is 0 Å². The Labute approximate surface area is 139 Å². The number of nitrogens with one attached hydrogen (secondary N) is 1. The standard InChI is InChI=1S/C18H17FN4O/c19-14-3-1-5-16(9-14)23-8-2-4-15(12-23)22-18(24)17-7-6-13(10-20)11-21-17/h1,3,5-7,9,11,15H,2,4,8,12H2,(H,22,24)/t15-/m1/s1. The van der Waals surface area contributed by atoms with Gasteiger partial charge in [0.1, 0.15) is 17.6 Å². The second-order valence-corrected chi connectivity index (χ2v) is 5.78. The number of nitriles is 1. The molecule has 1 N–H and O–H groups in total. The van der Waals surface area contributed by atoms with E-state index in [-0.39, 0.29) is 23.5 Å². The Morgan fingerprint density at radius 2 is 2.25 bits per heavy atom. The minimum atomic E-state index is -0.263. The second kappa shape index (κ2) is 7.09. The summed E-state index contributed by atoms with van der Waals surface area (Å²) in [6.45, 7) is 1.47. The van der Waals surface area contributed by atoms with Gasteiger partial charge in [-0.3, -0.25) is 4.79 Å². The molecule has 0 aliphatic carbocycles. The highest BCUT2D eigenvalue weighted by Crippen LogP contribution is 2.20. The zero-order chi connectivity index (χ0) is 16.9. The number of hydrogen-bond donors (Lipinski definition) is 1. The molecule has 24 heavy (non-hydrogen) atoms. The Hall–Kier alpha value is -2.94. The zero-order valence-corrected chi connectivity index (χ0v) is 13.1. The van der Waals surface area contributed by atoms with Crippen molar-refractivity contribution in [3.63, 3.8) is 0 Å². The molecule has 6 heteroatoms. The summed E-state index contributed by atoms with van der Waals surface area (Å²) in [4.78, 5) is 18.4. The summed E-state index contributed by atoms with van der Waals surface area (Å²) in [6, 6.07) is 11.5. The first kappa shape index (κ1) is 15.9. The summed E-state index contributed by atoms with van der Waals surface area (Å²) in [6.07, 6.45) is 3.17. The normalized spacial score (nSPS) is 17.2. The van der Waals surface area contributed by atoms with E-state index >= 15 is 0 Å². The van der Waals surface area contributed by atoms with Crippen LogP contribution in [-0.2, 0) is 0 Å². The van der Waals surface area contributed by atoms with Gasteiger partial charge in [0.15, 0.2) is 0 Å². The number of aromatic nitrogens is 1. The molecule has 1 aliphatic rings. The molecule has 122 valence electrons. The van der Waals surface area contributed by atoms with Gasteiger partial charge in [-0.1, -0.05) is 6.07 Å². The number of piperidine rings is 1. The van der Waals surface area contributed by atoms with Crippen molar-refractivity contribution in [3.8, 4) is 6.07 Å². The highest BCUT2D eigenvalue weighted by molar-refractivity contribution is 5.92. The molecule has 3 rings (SSSR count). The molecule has 0 saturated carbocycles. The quantitative estimate of drug-likeness (QED) is 0.942. The topological polar surface area (TPSA) is 69.0 Å². The van der Waals surface area contributed by atoms with Gasteiger partial charge in [0.05, 0.1) is 5.56 Å². The average molecular weight is 324 g/mol. The van der Waals surface area contributed by atoms with E-state index in [0.717, 1.165) is 25.1 Å². The van der Waals surface area contributed by atoms with E-state index < -0.39 is 0 Å². The van der Waals surface area contributed by atoms with Crippen molar-refractivity contribution >= 4 is 11.6 Å². The number of pyridine rings is 1. The molecule has 1 saturated heterocycles. The van der Waals surface area contributed by atoms with E-state index in [1.807, 2.05) is 12.1 Å². The number of carbonyl (C=O) groups is 1. The van der Waals surface area contributed by atoms with E-state index in [0.29, 0.717) is 12.1 Å².